The van der Waals surface area contributed by atoms with Crippen molar-refractivity contribution in [3.63, 3.8) is 0 Å². The molecule has 1 N–H and O–H groups in total. The van der Waals surface area contributed by atoms with Gasteiger partial charge in [-0.15, -0.1) is 0 Å². The maximum atomic E-state index is 13.6. The molecule has 2 aromatic rings. The molecule has 0 aliphatic heterocycles. The predicted octanol–water partition coefficient (Wildman–Crippen LogP) is 3.75. The largest absolute Gasteiger partial charge is 0.313 e. The second-order valence-electron chi connectivity index (χ2n) is 4.48. The van der Waals surface area contributed by atoms with E-state index in [0.717, 1.165) is 18.2 Å². The number of likely N-dealkylation sites (N-methyl/N-ethyl adjacent to an activating group) is 1. The zero-order chi connectivity index (χ0) is 14.7. The van der Waals surface area contributed by atoms with Crippen LogP contribution >= 0.6 is 0 Å². The highest BCUT2D eigenvalue weighted by Crippen LogP contribution is 2.22. The van der Waals surface area contributed by atoms with Gasteiger partial charge in [-0.1, -0.05) is 6.07 Å². The van der Waals surface area contributed by atoms with Gasteiger partial charge in [0, 0.05) is 18.2 Å². The third-order valence-corrected chi connectivity index (χ3v) is 3.07. The number of halogens is 4. The van der Waals surface area contributed by atoms with Gasteiger partial charge in [-0.3, -0.25) is 0 Å². The van der Waals surface area contributed by atoms with E-state index in [9.17, 15) is 17.6 Å². The molecule has 0 bridgehead atoms. The third-order valence-electron chi connectivity index (χ3n) is 3.07. The number of hydrogen-bond acceptors (Lipinski definition) is 1. The van der Waals surface area contributed by atoms with Gasteiger partial charge in [0.2, 0.25) is 0 Å². The first kappa shape index (κ1) is 14.5. The molecule has 0 aliphatic rings. The summed E-state index contributed by atoms with van der Waals surface area (Å²) in [6.07, 6.45) is 0.158. The molecule has 0 spiro atoms. The van der Waals surface area contributed by atoms with Crippen LogP contribution in [0.2, 0.25) is 0 Å². The van der Waals surface area contributed by atoms with Gasteiger partial charge in [0.25, 0.3) is 0 Å². The summed E-state index contributed by atoms with van der Waals surface area (Å²) in [6.45, 7) is 0. The Bertz CT molecular complexity index is 593. The topological polar surface area (TPSA) is 12.0 Å². The van der Waals surface area contributed by atoms with Crippen molar-refractivity contribution < 1.29 is 17.6 Å². The van der Waals surface area contributed by atoms with E-state index < -0.39 is 29.3 Å². The molecule has 2 rings (SSSR count). The summed E-state index contributed by atoms with van der Waals surface area (Å²) < 4.78 is 52.9. The van der Waals surface area contributed by atoms with E-state index in [0.29, 0.717) is 5.56 Å². The first-order valence-corrected chi connectivity index (χ1v) is 6.07. The van der Waals surface area contributed by atoms with Crippen molar-refractivity contribution in [2.24, 2.45) is 0 Å². The van der Waals surface area contributed by atoms with Crippen LogP contribution in [0.3, 0.4) is 0 Å². The van der Waals surface area contributed by atoms with E-state index in [2.05, 4.69) is 5.32 Å². The number of nitrogens with one attached hydrogen (secondary N) is 1. The normalized spacial score (nSPS) is 12.4. The van der Waals surface area contributed by atoms with Crippen molar-refractivity contribution in [1.29, 1.82) is 0 Å². The van der Waals surface area contributed by atoms with Crippen LogP contribution < -0.4 is 5.32 Å². The zero-order valence-electron chi connectivity index (χ0n) is 10.8. The minimum atomic E-state index is -0.695. The van der Waals surface area contributed by atoms with Gasteiger partial charge < -0.3 is 5.32 Å². The monoisotopic (exact) mass is 283 g/mol. The summed E-state index contributed by atoms with van der Waals surface area (Å²) in [5.41, 5.74) is 0.643. The molecule has 20 heavy (non-hydrogen) atoms. The fourth-order valence-electron chi connectivity index (χ4n) is 2.07. The Kier molecular flexibility index (Phi) is 4.39. The van der Waals surface area contributed by atoms with Crippen LogP contribution in [-0.2, 0) is 6.42 Å². The predicted molar refractivity (Wildman–Crippen MR) is 68.2 cm³/mol. The third kappa shape index (κ3) is 3.36. The fourth-order valence-corrected chi connectivity index (χ4v) is 2.07. The van der Waals surface area contributed by atoms with Gasteiger partial charge in [0.05, 0.1) is 0 Å². The molecule has 106 valence electrons. The summed E-state index contributed by atoms with van der Waals surface area (Å²) in [5, 5.41) is 2.87. The summed E-state index contributed by atoms with van der Waals surface area (Å²) in [7, 11) is 1.61. The van der Waals surface area contributed by atoms with Crippen LogP contribution in [-0.4, -0.2) is 7.05 Å². The molecule has 0 amide bonds. The van der Waals surface area contributed by atoms with Crippen LogP contribution in [0.5, 0.6) is 0 Å². The molecule has 0 aromatic heterocycles. The Balaban J connectivity index is 2.28. The molecule has 0 radical (unpaired) electrons. The molecule has 0 aliphatic carbocycles. The Labute approximate surface area is 114 Å². The standard InChI is InChI=1S/C15H13F4N/c1-20-15(10-4-12(17)7-13(18)5-10)6-9-2-3-11(16)8-14(9)19/h2-5,7-8,15,20H,6H2,1H3. The Morgan fingerprint density at radius 2 is 1.55 bits per heavy atom. The van der Waals surface area contributed by atoms with E-state index >= 15 is 0 Å². The Hall–Kier alpha value is -1.88. The van der Waals surface area contributed by atoms with E-state index in [1.807, 2.05) is 0 Å². The van der Waals surface area contributed by atoms with Crippen LogP contribution in [0.4, 0.5) is 17.6 Å². The van der Waals surface area contributed by atoms with Gasteiger partial charge in [-0.2, -0.15) is 0 Å². The van der Waals surface area contributed by atoms with Crippen molar-refractivity contribution in [3.8, 4) is 0 Å². The lowest BCUT2D eigenvalue weighted by molar-refractivity contribution is 0.530. The van der Waals surface area contributed by atoms with Gasteiger partial charge in [-0.05, 0) is 42.8 Å². The molecular formula is C15H13F4N. The average Bonchev–Trinajstić information content (AvgIpc) is 2.36. The van der Waals surface area contributed by atoms with E-state index in [-0.39, 0.29) is 12.0 Å². The Morgan fingerprint density at radius 1 is 0.900 bits per heavy atom. The lowest BCUT2D eigenvalue weighted by atomic mass is 9.98. The molecular weight excluding hydrogens is 270 g/mol. The first-order valence-electron chi connectivity index (χ1n) is 6.07. The molecule has 2 aromatic carbocycles. The fraction of sp³-hybridized carbons (Fsp3) is 0.200. The van der Waals surface area contributed by atoms with Crippen molar-refractivity contribution in [2.75, 3.05) is 7.05 Å². The van der Waals surface area contributed by atoms with Gasteiger partial charge in [0.1, 0.15) is 23.3 Å². The zero-order valence-corrected chi connectivity index (χ0v) is 10.8. The first-order chi connectivity index (χ1) is 9.49. The number of rotatable bonds is 4. The highest BCUT2D eigenvalue weighted by molar-refractivity contribution is 5.26. The van der Waals surface area contributed by atoms with Gasteiger partial charge in [0.15, 0.2) is 0 Å². The number of benzene rings is 2. The maximum absolute atomic E-state index is 13.6. The number of hydrogen-bond donors (Lipinski definition) is 1. The van der Waals surface area contributed by atoms with E-state index in [1.54, 1.807) is 7.05 Å². The summed E-state index contributed by atoms with van der Waals surface area (Å²) in [5.74, 6) is -2.73. The Morgan fingerprint density at radius 3 is 2.10 bits per heavy atom. The molecule has 0 heterocycles. The van der Waals surface area contributed by atoms with Crippen LogP contribution in [0.15, 0.2) is 36.4 Å². The average molecular weight is 283 g/mol. The highest BCUT2D eigenvalue weighted by atomic mass is 19.1. The second kappa shape index (κ2) is 6.05. The summed E-state index contributed by atoms with van der Waals surface area (Å²) in [6, 6.07) is 5.93. The quantitative estimate of drug-likeness (QED) is 0.843. The smallest absolute Gasteiger partial charge is 0.129 e. The highest BCUT2D eigenvalue weighted by Gasteiger charge is 2.15. The lowest BCUT2D eigenvalue weighted by Crippen LogP contribution is -2.19. The van der Waals surface area contributed by atoms with Gasteiger partial charge in [-0.25, -0.2) is 17.6 Å². The summed E-state index contributed by atoms with van der Waals surface area (Å²) in [4.78, 5) is 0. The lowest BCUT2D eigenvalue weighted by Gasteiger charge is -2.17. The van der Waals surface area contributed by atoms with Crippen LogP contribution in [0, 0.1) is 23.3 Å². The summed E-state index contributed by atoms with van der Waals surface area (Å²) >= 11 is 0. The molecule has 1 nitrogen and oxygen atoms in total. The molecule has 5 heteroatoms. The molecule has 0 saturated carbocycles. The second-order valence-corrected chi connectivity index (χ2v) is 4.48. The molecule has 1 unspecified atom stereocenters. The molecule has 0 fully saturated rings. The molecule has 1 atom stereocenters. The van der Waals surface area contributed by atoms with Crippen LogP contribution in [0.1, 0.15) is 17.2 Å². The van der Waals surface area contributed by atoms with E-state index in [1.165, 1.54) is 18.2 Å². The van der Waals surface area contributed by atoms with Gasteiger partial charge >= 0.3 is 0 Å². The van der Waals surface area contributed by atoms with Crippen molar-refractivity contribution in [1.82, 2.24) is 5.32 Å². The van der Waals surface area contributed by atoms with Crippen LogP contribution in [0.25, 0.3) is 0 Å². The minimum absolute atomic E-state index is 0.158. The van der Waals surface area contributed by atoms with Crippen molar-refractivity contribution in [2.45, 2.75) is 12.5 Å². The SMILES string of the molecule is CNC(Cc1ccc(F)cc1F)c1cc(F)cc(F)c1. The maximum Gasteiger partial charge on any atom is 0.129 e. The van der Waals surface area contributed by atoms with E-state index in [4.69, 9.17) is 0 Å². The van der Waals surface area contributed by atoms with Crippen molar-refractivity contribution in [3.05, 3.63) is 70.8 Å². The van der Waals surface area contributed by atoms with Crippen molar-refractivity contribution >= 4 is 0 Å². The molecule has 0 saturated heterocycles. The minimum Gasteiger partial charge on any atom is -0.313 e.